The summed E-state index contributed by atoms with van der Waals surface area (Å²) in [5, 5.41) is 0. The van der Waals surface area contributed by atoms with Gasteiger partial charge < -0.3 is 37.9 Å². The summed E-state index contributed by atoms with van der Waals surface area (Å²) in [5.41, 5.74) is 12.6. The van der Waals surface area contributed by atoms with Crippen molar-refractivity contribution in [3.05, 3.63) is 91.0 Å². The van der Waals surface area contributed by atoms with Crippen LogP contribution in [0.1, 0.15) is 118 Å². The van der Waals surface area contributed by atoms with Crippen molar-refractivity contribution in [1.82, 2.24) is 0 Å². The van der Waals surface area contributed by atoms with Crippen LogP contribution in [0.15, 0.2) is 24.3 Å². The molecule has 0 radical (unpaired) electrons. The van der Waals surface area contributed by atoms with Gasteiger partial charge in [0.15, 0.2) is 0 Å². The molecule has 0 fully saturated rings. The minimum Gasteiger partial charge on any atom is -0.457 e. The number of benzene rings is 4. The molecule has 0 N–H and O–H groups in total. The maximum Gasteiger partial charge on any atom is 0.230 e. The standard InChI is InChI=1S/C40H40O8/c1-17-25-9-27-18(2)29-11-31-20(4)32-12-30-19(3)28-10-26(17)34-22(6)36(28)44-15-46-38(30)24(8)40(32)48-16-47-39(31)23(7)37(29)45-14-43-35(27)21(5)33(25)41-13-42-34/h9-12,17-20H,13-16H2,1-8H3. The molecule has 0 saturated carbocycles. The van der Waals surface area contributed by atoms with E-state index in [2.05, 4.69) is 79.7 Å². The van der Waals surface area contributed by atoms with E-state index in [0.717, 1.165) is 113 Å². The Labute approximate surface area is 280 Å². The first kappa shape index (κ1) is 29.4. The molecule has 0 saturated heterocycles. The summed E-state index contributed by atoms with van der Waals surface area (Å²) in [6, 6.07) is 9.13. The summed E-state index contributed by atoms with van der Waals surface area (Å²) in [6.45, 7) is 17.5. The van der Waals surface area contributed by atoms with Crippen LogP contribution in [0.2, 0.25) is 0 Å². The van der Waals surface area contributed by atoms with E-state index in [1.54, 1.807) is 0 Å². The molecule has 1 aliphatic carbocycles. The highest BCUT2D eigenvalue weighted by Crippen LogP contribution is 2.55. The van der Waals surface area contributed by atoms with Crippen LogP contribution in [-0.2, 0) is 0 Å². The fourth-order valence-electron chi connectivity index (χ4n) is 8.70. The molecule has 0 amide bonds. The lowest BCUT2D eigenvalue weighted by Gasteiger charge is -2.35. The van der Waals surface area contributed by atoms with Gasteiger partial charge in [-0.25, -0.2) is 0 Å². The van der Waals surface area contributed by atoms with Crippen molar-refractivity contribution in [3.8, 4) is 46.0 Å². The largest absolute Gasteiger partial charge is 0.457 e. The SMILES string of the molecule is Cc1c2c3cc4c1OCOc1c(cc5c(c1C)OCOc1c(cc6c(c1C)OCOc1c(cc(c(c1C)OCO2)C3C)C6C)C5C)C4C. The Morgan fingerprint density at radius 3 is 0.604 bits per heavy atom. The summed E-state index contributed by atoms with van der Waals surface area (Å²) < 4.78 is 51.4. The van der Waals surface area contributed by atoms with Gasteiger partial charge in [-0.3, -0.25) is 0 Å². The lowest BCUT2D eigenvalue weighted by atomic mass is 9.78. The molecule has 48 heavy (non-hydrogen) atoms. The Bertz CT molecular complexity index is 1650. The molecule has 0 atom stereocenters. The highest BCUT2D eigenvalue weighted by molar-refractivity contribution is 5.68. The lowest BCUT2D eigenvalue weighted by Crippen LogP contribution is -2.23. The van der Waals surface area contributed by atoms with Gasteiger partial charge in [-0.1, -0.05) is 27.7 Å². The number of ether oxygens (including phenoxy) is 8. The Kier molecular flexibility index (Phi) is 6.37. The highest BCUT2D eigenvalue weighted by atomic mass is 16.7. The topological polar surface area (TPSA) is 73.8 Å². The van der Waals surface area contributed by atoms with Crippen LogP contribution in [0.25, 0.3) is 0 Å². The fraction of sp³-hybridized carbons (Fsp3) is 0.400. The predicted octanol–water partition coefficient (Wildman–Crippen LogP) is 8.76. The predicted molar refractivity (Wildman–Crippen MR) is 179 cm³/mol. The van der Waals surface area contributed by atoms with Crippen LogP contribution >= 0.6 is 0 Å². The third kappa shape index (κ3) is 3.89. The quantitative estimate of drug-likeness (QED) is 0.187. The van der Waals surface area contributed by atoms with Crippen molar-refractivity contribution in [3.63, 3.8) is 0 Å². The molecule has 4 aromatic carbocycles. The van der Waals surface area contributed by atoms with E-state index >= 15 is 0 Å². The van der Waals surface area contributed by atoms with E-state index in [1.165, 1.54) is 0 Å². The van der Waals surface area contributed by atoms with Crippen LogP contribution in [0.5, 0.6) is 46.0 Å². The molecule has 8 nitrogen and oxygen atoms in total. The van der Waals surface area contributed by atoms with E-state index in [4.69, 9.17) is 37.9 Å². The normalized spacial score (nSPS) is 22.3. The Hall–Kier alpha value is -4.72. The number of hydrogen-bond donors (Lipinski definition) is 0. The van der Waals surface area contributed by atoms with Crippen LogP contribution in [0.3, 0.4) is 0 Å². The minimum absolute atomic E-state index is 0.0512. The maximum atomic E-state index is 6.42. The molecule has 248 valence electrons. The molecule has 4 aromatic rings. The summed E-state index contributed by atoms with van der Waals surface area (Å²) in [4.78, 5) is 0. The molecule has 0 aromatic heterocycles. The van der Waals surface area contributed by atoms with E-state index in [-0.39, 0.29) is 50.8 Å². The zero-order valence-electron chi connectivity index (χ0n) is 28.7. The second-order valence-corrected chi connectivity index (χ2v) is 13.9. The Balaban J connectivity index is 1.43. The van der Waals surface area contributed by atoms with E-state index in [1.807, 2.05) is 0 Å². The first-order chi connectivity index (χ1) is 23.2. The van der Waals surface area contributed by atoms with Gasteiger partial charge in [0.2, 0.25) is 27.2 Å². The van der Waals surface area contributed by atoms with E-state index in [0.29, 0.717) is 0 Å². The minimum atomic E-state index is -0.0512. The van der Waals surface area contributed by atoms with Gasteiger partial charge in [0.05, 0.1) is 0 Å². The molecule has 4 heterocycles. The summed E-state index contributed by atoms with van der Waals surface area (Å²) in [6.07, 6.45) is 0. The summed E-state index contributed by atoms with van der Waals surface area (Å²) in [5.74, 6) is 6.11. The smallest absolute Gasteiger partial charge is 0.230 e. The molecule has 0 unspecified atom stereocenters. The summed E-state index contributed by atoms with van der Waals surface area (Å²) >= 11 is 0. The van der Waals surface area contributed by atoms with Crippen LogP contribution in [-0.4, -0.2) is 27.2 Å². The van der Waals surface area contributed by atoms with Gasteiger partial charge >= 0.3 is 0 Å². The van der Waals surface area contributed by atoms with Crippen molar-refractivity contribution >= 4 is 0 Å². The Morgan fingerprint density at radius 1 is 0.312 bits per heavy atom. The number of hydrogen-bond acceptors (Lipinski definition) is 8. The van der Waals surface area contributed by atoms with Gasteiger partial charge in [-0.05, 0) is 52.0 Å². The molecule has 4 aliphatic heterocycles. The number of rotatable bonds is 0. The zero-order valence-corrected chi connectivity index (χ0v) is 28.7. The van der Waals surface area contributed by atoms with Crippen molar-refractivity contribution in [2.45, 2.75) is 79.1 Å². The van der Waals surface area contributed by atoms with Gasteiger partial charge in [0.25, 0.3) is 0 Å². The van der Waals surface area contributed by atoms with Crippen molar-refractivity contribution in [2.75, 3.05) is 27.2 Å². The molecule has 0 spiro atoms. The van der Waals surface area contributed by atoms with Gasteiger partial charge in [-0.2, -0.15) is 0 Å². The lowest BCUT2D eigenvalue weighted by molar-refractivity contribution is 0.0963. The van der Waals surface area contributed by atoms with Crippen molar-refractivity contribution in [1.29, 1.82) is 0 Å². The first-order valence-corrected chi connectivity index (χ1v) is 16.9. The molecule has 9 rings (SSSR count). The molecule has 8 heteroatoms. The molecular weight excluding hydrogens is 608 g/mol. The zero-order chi connectivity index (χ0) is 33.2. The van der Waals surface area contributed by atoms with Crippen LogP contribution < -0.4 is 37.9 Å². The Morgan fingerprint density at radius 2 is 0.458 bits per heavy atom. The average molecular weight is 649 g/mol. The van der Waals surface area contributed by atoms with Gasteiger partial charge in [0, 0.05) is 90.4 Å². The van der Waals surface area contributed by atoms with Crippen LogP contribution in [0, 0.1) is 27.7 Å². The maximum absolute atomic E-state index is 6.42. The molecule has 5 aliphatic rings. The van der Waals surface area contributed by atoms with E-state index in [9.17, 15) is 0 Å². The third-order valence-corrected chi connectivity index (χ3v) is 11.4. The average Bonchev–Trinajstić information content (AvgIpc) is 3.05. The van der Waals surface area contributed by atoms with E-state index < -0.39 is 0 Å². The second kappa shape index (κ2) is 10.4. The molecular formula is C40H40O8. The monoisotopic (exact) mass is 648 g/mol. The van der Waals surface area contributed by atoms with Crippen LogP contribution in [0.4, 0.5) is 0 Å². The van der Waals surface area contributed by atoms with Crippen molar-refractivity contribution < 1.29 is 37.9 Å². The molecule has 8 bridgehead atoms. The highest BCUT2D eigenvalue weighted by Gasteiger charge is 2.37. The van der Waals surface area contributed by atoms with Crippen molar-refractivity contribution in [2.24, 2.45) is 0 Å². The first-order valence-electron chi connectivity index (χ1n) is 16.9. The van der Waals surface area contributed by atoms with Gasteiger partial charge in [-0.15, -0.1) is 0 Å². The van der Waals surface area contributed by atoms with Gasteiger partial charge in [0.1, 0.15) is 46.0 Å². The fourth-order valence-corrected chi connectivity index (χ4v) is 8.70. The third-order valence-electron chi connectivity index (χ3n) is 11.4. The summed E-state index contributed by atoms with van der Waals surface area (Å²) in [7, 11) is 0. The second-order valence-electron chi connectivity index (χ2n) is 13.9.